The van der Waals surface area contributed by atoms with E-state index in [1.165, 1.54) is 71.6 Å². The van der Waals surface area contributed by atoms with Crippen molar-refractivity contribution in [2.24, 2.45) is 0 Å². The van der Waals surface area contributed by atoms with Gasteiger partial charge in [-0.3, -0.25) is 0 Å². The van der Waals surface area contributed by atoms with Crippen molar-refractivity contribution in [1.29, 1.82) is 0 Å². The molecule has 0 bridgehead atoms. The van der Waals surface area contributed by atoms with E-state index >= 15 is 0 Å². The van der Waals surface area contributed by atoms with Crippen LogP contribution >= 0.6 is 0 Å². The first-order chi connectivity index (χ1) is 23.6. The average molecular weight is 615 g/mol. The summed E-state index contributed by atoms with van der Waals surface area (Å²) in [5.41, 5.74) is 14.5. The van der Waals surface area contributed by atoms with E-state index in [0.717, 1.165) is 28.3 Å². The van der Waals surface area contributed by atoms with E-state index < -0.39 is 0 Å². The second-order valence-electron chi connectivity index (χ2n) is 13.7. The van der Waals surface area contributed by atoms with E-state index in [2.05, 4.69) is 169 Å². The Morgan fingerprint density at radius 2 is 1.06 bits per heavy atom. The molecule has 9 aromatic rings. The second kappa shape index (κ2) is 9.05. The van der Waals surface area contributed by atoms with Crippen molar-refractivity contribution < 1.29 is 4.74 Å². The molecule has 1 aliphatic carbocycles. The first kappa shape index (κ1) is 26.1. The largest absolute Gasteiger partial charge is 0.452 e. The van der Waals surface area contributed by atoms with E-state index in [-0.39, 0.29) is 5.41 Å². The lowest BCUT2D eigenvalue weighted by atomic mass is 9.81. The Morgan fingerprint density at radius 3 is 1.79 bits per heavy atom. The number of ether oxygens (including phenoxy) is 1. The van der Waals surface area contributed by atoms with Crippen LogP contribution in [0.25, 0.3) is 77.2 Å². The van der Waals surface area contributed by atoms with Gasteiger partial charge in [-0.15, -0.1) is 0 Å². The number of fused-ring (bicyclic) bond motifs is 11. The Balaban J connectivity index is 1.07. The molecule has 0 unspecified atom stereocenters. The highest BCUT2D eigenvalue weighted by Crippen LogP contribution is 2.53. The van der Waals surface area contributed by atoms with Crippen LogP contribution in [0.1, 0.15) is 25.0 Å². The van der Waals surface area contributed by atoms with Crippen molar-refractivity contribution >= 4 is 43.6 Å². The zero-order chi connectivity index (χ0) is 31.7. The summed E-state index contributed by atoms with van der Waals surface area (Å²) in [6.45, 7) is 4.74. The monoisotopic (exact) mass is 614 g/mol. The summed E-state index contributed by atoms with van der Waals surface area (Å²) in [6, 6.07) is 53.1. The molecule has 0 spiro atoms. The summed E-state index contributed by atoms with van der Waals surface area (Å²) in [5, 5.41) is 5.03. The van der Waals surface area contributed by atoms with Gasteiger partial charge in [0.05, 0.1) is 27.8 Å². The smallest absolute Gasteiger partial charge is 0.159 e. The van der Waals surface area contributed by atoms with Crippen LogP contribution < -0.4 is 4.74 Å². The SMILES string of the molecule is CC1(C)c2cc(-c3cccc4c3Oc3cccc5c6ccccc6n-4c35)ccc2-c2ccc(-n3c4ccccc4c4ccccc43)cc21. The minimum atomic E-state index is -0.180. The van der Waals surface area contributed by atoms with Crippen molar-refractivity contribution in [2.75, 3.05) is 0 Å². The molecule has 0 saturated heterocycles. The van der Waals surface area contributed by atoms with Gasteiger partial charge in [-0.25, -0.2) is 0 Å². The van der Waals surface area contributed by atoms with Crippen LogP contribution in [0.15, 0.2) is 146 Å². The van der Waals surface area contributed by atoms with Crippen LogP contribution in [0.5, 0.6) is 11.5 Å². The third kappa shape index (κ3) is 3.23. The molecule has 3 nitrogen and oxygen atoms in total. The van der Waals surface area contributed by atoms with Gasteiger partial charge < -0.3 is 13.9 Å². The maximum atomic E-state index is 6.80. The molecule has 0 radical (unpaired) electrons. The predicted molar refractivity (Wildman–Crippen MR) is 198 cm³/mol. The number of rotatable bonds is 2. The number of hydrogen-bond donors (Lipinski definition) is 0. The molecule has 3 heteroatoms. The lowest BCUT2D eigenvalue weighted by Crippen LogP contribution is -2.15. The molecular formula is C45H30N2O. The van der Waals surface area contributed by atoms with Crippen LogP contribution in [0.3, 0.4) is 0 Å². The van der Waals surface area contributed by atoms with Gasteiger partial charge in [0.1, 0.15) is 0 Å². The van der Waals surface area contributed by atoms with Crippen molar-refractivity contribution in [2.45, 2.75) is 19.3 Å². The van der Waals surface area contributed by atoms with Crippen LogP contribution in [0, 0.1) is 0 Å². The fourth-order valence-electron chi connectivity index (χ4n) is 8.70. The highest BCUT2D eigenvalue weighted by molar-refractivity contribution is 6.12. The highest BCUT2D eigenvalue weighted by Gasteiger charge is 2.36. The van der Waals surface area contributed by atoms with Gasteiger partial charge in [0, 0.05) is 38.2 Å². The number of nitrogens with zero attached hydrogens (tertiary/aromatic N) is 2. The molecule has 2 aliphatic rings. The Bertz CT molecular complexity index is 2790. The zero-order valence-electron chi connectivity index (χ0n) is 26.7. The highest BCUT2D eigenvalue weighted by atomic mass is 16.5. The minimum Gasteiger partial charge on any atom is -0.452 e. The first-order valence-electron chi connectivity index (χ1n) is 16.7. The second-order valence-corrected chi connectivity index (χ2v) is 13.7. The van der Waals surface area contributed by atoms with Gasteiger partial charge in [0.25, 0.3) is 0 Å². The summed E-state index contributed by atoms with van der Waals surface area (Å²) in [7, 11) is 0. The Hall–Kier alpha value is -6.06. The quantitative estimate of drug-likeness (QED) is 0.190. The molecule has 48 heavy (non-hydrogen) atoms. The minimum absolute atomic E-state index is 0.180. The van der Waals surface area contributed by atoms with Crippen LogP contribution in [0.2, 0.25) is 0 Å². The number of benzene rings is 7. The molecule has 1 aliphatic heterocycles. The summed E-state index contributed by atoms with van der Waals surface area (Å²) < 4.78 is 11.6. The Morgan fingerprint density at radius 1 is 0.479 bits per heavy atom. The zero-order valence-corrected chi connectivity index (χ0v) is 26.7. The summed E-state index contributed by atoms with van der Waals surface area (Å²) >= 11 is 0. The van der Waals surface area contributed by atoms with Crippen LogP contribution in [0.4, 0.5) is 0 Å². The van der Waals surface area contributed by atoms with E-state index in [0.29, 0.717) is 0 Å². The van der Waals surface area contributed by atoms with Crippen molar-refractivity contribution in [3.05, 3.63) is 157 Å². The van der Waals surface area contributed by atoms with E-state index in [1.54, 1.807) is 0 Å². The maximum absolute atomic E-state index is 6.80. The normalized spacial score (nSPS) is 14.0. The van der Waals surface area contributed by atoms with E-state index in [4.69, 9.17) is 4.74 Å². The third-order valence-electron chi connectivity index (χ3n) is 10.9. The molecule has 0 N–H and O–H groups in total. The van der Waals surface area contributed by atoms with Crippen molar-refractivity contribution in [3.63, 3.8) is 0 Å². The lowest BCUT2D eigenvalue weighted by molar-refractivity contribution is 0.478. The van der Waals surface area contributed by atoms with E-state index in [9.17, 15) is 0 Å². The molecule has 3 heterocycles. The Labute approximate surface area is 277 Å². The molecular weight excluding hydrogens is 585 g/mol. The van der Waals surface area contributed by atoms with Crippen LogP contribution in [-0.4, -0.2) is 9.13 Å². The topological polar surface area (TPSA) is 19.1 Å². The van der Waals surface area contributed by atoms with E-state index in [1.807, 2.05) is 0 Å². The summed E-state index contributed by atoms with van der Waals surface area (Å²) in [4.78, 5) is 0. The molecule has 7 aromatic carbocycles. The molecule has 2 aromatic heterocycles. The average Bonchev–Trinajstić information content (AvgIpc) is 3.73. The summed E-state index contributed by atoms with van der Waals surface area (Å²) in [6.07, 6.45) is 0. The molecule has 0 atom stereocenters. The fraction of sp³-hybridized carbons (Fsp3) is 0.0667. The van der Waals surface area contributed by atoms with Gasteiger partial charge in [-0.2, -0.15) is 0 Å². The maximum Gasteiger partial charge on any atom is 0.159 e. The Kier molecular flexibility index (Phi) is 4.91. The molecule has 0 amide bonds. The number of para-hydroxylation sites is 5. The molecule has 11 rings (SSSR count). The third-order valence-corrected chi connectivity index (χ3v) is 10.9. The fourth-order valence-corrected chi connectivity index (χ4v) is 8.70. The van der Waals surface area contributed by atoms with Gasteiger partial charge in [-0.05, 0) is 76.3 Å². The van der Waals surface area contributed by atoms with Gasteiger partial charge in [-0.1, -0.05) is 111 Å². The first-order valence-corrected chi connectivity index (χ1v) is 16.7. The van der Waals surface area contributed by atoms with Gasteiger partial charge >= 0.3 is 0 Å². The summed E-state index contributed by atoms with van der Waals surface area (Å²) in [5.74, 6) is 1.80. The van der Waals surface area contributed by atoms with Crippen molar-refractivity contribution in [3.8, 4) is 45.1 Å². The lowest BCUT2D eigenvalue weighted by Gasteiger charge is -2.25. The predicted octanol–water partition coefficient (Wildman–Crippen LogP) is 12.0. The van der Waals surface area contributed by atoms with Gasteiger partial charge in [0.2, 0.25) is 0 Å². The molecule has 0 saturated carbocycles. The van der Waals surface area contributed by atoms with Crippen LogP contribution in [-0.2, 0) is 5.41 Å². The van der Waals surface area contributed by atoms with Crippen molar-refractivity contribution in [1.82, 2.24) is 9.13 Å². The number of aromatic nitrogens is 2. The van der Waals surface area contributed by atoms with Gasteiger partial charge in [0.15, 0.2) is 11.5 Å². The standard InChI is InChI=1S/C45H30N2O/c1-45(2)36-25-27(29-14-9-19-41-44(29)48-42-20-10-15-35-34-13-5-8-18-40(34)47(41)43(35)42)21-23-30(36)31-24-22-28(26-37(31)45)46-38-16-6-3-11-32(38)33-12-4-7-17-39(33)46/h3-26H,1-2H3. The molecule has 0 fully saturated rings. The number of hydrogen-bond acceptors (Lipinski definition) is 1. The molecule has 226 valence electrons.